The zero-order valence-corrected chi connectivity index (χ0v) is 10.1. The summed E-state index contributed by atoms with van der Waals surface area (Å²) in [5, 5.41) is 0. The first-order valence-electron chi connectivity index (χ1n) is 4.64. The molecule has 1 aromatic heterocycles. The summed E-state index contributed by atoms with van der Waals surface area (Å²) < 4.78 is 1.98. The molecule has 0 unspecified atom stereocenters. The molecule has 0 bridgehead atoms. The number of hydrogen-bond acceptors (Lipinski definition) is 2. The van der Waals surface area contributed by atoms with E-state index in [1.54, 1.807) is 0 Å². The standard InChI is InChI=1S/C11H9BrN2O2/c1-14-10(15)6-9(13-11(14)16)7-2-4-8(12)5-3-7/h2-6H,1H3,(H,13,16). The molecule has 0 saturated heterocycles. The zero-order valence-electron chi connectivity index (χ0n) is 8.53. The molecule has 4 nitrogen and oxygen atoms in total. The molecule has 1 aromatic carbocycles. The van der Waals surface area contributed by atoms with Crippen LogP contribution in [0.25, 0.3) is 11.3 Å². The lowest BCUT2D eigenvalue weighted by Gasteiger charge is -2.02. The molecule has 1 N–H and O–H groups in total. The second-order valence-corrected chi connectivity index (χ2v) is 4.31. The van der Waals surface area contributed by atoms with Crippen LogP contribution in [0.3, 0.4) is 0 Å². The van der Waals surface area contributed by atoms with Gasteiger partial charge in [-0.05, 0) is 17.7 Å². The molecule has 82 valence electrons. The molecule has 0 aliphatic carbocycles. The van der Waals surface area contributed by atoms with Crippen LogP contribution in [-0.4, -0.2) is 9.55 Å². The van der Waals surface area contributed by atoms with Crippen molar-refractivity contribution in [1.29, 1.82) is 0 Å². The predicted molar refractivity (Wildman–Crippen MR) is 65.4 cm³/mol. The van der Waals surface area contributed by atoms with E-state index in [2.05, 4.69) is 20.9 Å². The molecule has 2 aromatic rings. The fourth-order valence-corrected chi connectivity index (χ4v) is 1.60. The number of H-pyrrole nitrogens is 1. The second-order valence-electron chi connectivity index (χ2n) is 3.39. The van der Waals surface area contributed by atoms with Crippen molar-refractivity contribution < 1.29 is 0 Å². The maximum absolute atomic E-state index is 11.4. The molecular formula is C11H9BrN2O2. The Kier molecular flexibility index (Phi) is 2.78. The van der Waals surface area contributed by atoms with Crippen LogP contribution in [0.4, 0.5) is 0 Å². The van der Waals surface area contributed by atoms with Gasteiger partial charge in [0.25, 0.3) is 5.56 Å². The van der Waals surface area contributed by atoms with Crippen molar-refractivity contribution in [3.63, 3.8) is 0 Å². The SMILES string of the molecule is Cn1c(=O)cc(-c2ccc(Br)cc2)[nH]c1=O. The van der Waals surface area contributed by atoms with Gasteiger partial charge in [-0.25, -0.2) is 4.79 Å². The molecule has 5 heteroatoms. The van der Waals surface area contributed by atoms with E-state index in [4.69, 9.17) is 0 Å². The van der Waals surface area contributed by atoms with E-state index in [0.717, 1.165) is 14.6 Å². The first-order valence-corrected chi connectivity index (χ1v) is 5.43. The monoisotopic (exact) mass is 280 g/mol. The Morgan fingerprint density at radius 2 is 1.81 bits per heavy atom. The van der Waals surface area contributed by atoms with E-state index in [1.165, 1.54) is 13.1 Å². The molecule has 16 heavy (non-hydrogen) atoms. The van der Waals surface area contributed by atoms with Gasteiger partial charge in [-0.2, -0.15) is 0 Å². The highest BCUT2D eigenvalue weighted by atomic mass is 79.9. The van der Waals surface area contributed by atoms with Gasteiger partial charge in [0.1, 0.15) is 0 Å². The van der Waals surface area contributed by atoms with Gasteiger partial charge >= 0.3 is 5.69 Å². The van der Waals surface area contributed by atoms with E-state index in [-0.39, 0.29) is 5.56 Å². The predicted octanol–water partition coefficient (Wildman–Crippen LogP) is 1.50. The minimum absolute atomic E-state index is 0.318. The molecule has 0 atom stereocenters. The Bertz CT molecular complexity index is 594. The van der Waals surface area contributed by atoms with E-state index >= 15 is 0 Å². The number of hydrogen-bond donors (Lipinski definition) is 1. The highest BCUT2D eigenvalue weighted by Gasteiger charge is 2.02. The Hall–Kier alpha value is -1.62. The van der Waals surface area contributed by atoms with Crippen LogP contribution in [0, 0.1) is 0 Å². The molecule has 0 saturated carbocycles. The van der Waals surface area contributed by atoms with Crippen molar-refractivity contribution in [2.75, 3.05) is 0 Å². The quantitative estimate of drug-likeness (QED) is 0.861. The molecule has 0 radical (unpaired) electrons. The summed E-state index contributed by atoms with van der Waals surface area (Å²) >= 11 is 3.32. The van der Waals surface area contributed by atoms with Gasteiger partial charge < -0.3 is 4.98 Å². The Labute approximate surface area is 99.7 Å². The van der Waals surface area contributed by atoms with Crippen LogP contribution in [-0.2, 0) is 7.05 Å². The number of benzene rings is 1. The molecule has 1 heterocycles. The van der Waals surface area contributed by atoms with E-state index in [1.807, 2.05) is 24.3 Å². The lowest BCUT2D eigenvalue weighted by Crippen LogP contribution is -2.32. The van der Waals surface area contributed by atoms with E-state index < -0.39 is 5.69 Å². The number of rotatable bonds is 1. The summed E-state index contributed by atoms with van der Waals surface area (Å²) in [6.07, 6.45) is 0. The van der Waals surface area contributed by atoms with Crippen LogP contribution in [0.15, 0.2) is 44.4 Å². The highest BCUT2D eigenvalue weighted by Crippen LogP contribution is 2.17. The highest BCUT2D eigenvalue weighted by molar-refractivity contribution is 9.10. The Morgan fingerprint density at radius 3 is 2.38 bits per heavy atom. The molecule has 0 amide bonds. The van der Waals surface area contributed by atoms with Crippen LogP contribution < -0.4 is 11.2 Å². The molecular weight excluding hydrogens is 272 g/mol. The molecule has 0 fully saturated rings. The minimum atomic E-state index is -0.412. The zero-order chi connectivity index (χ0) is 11.7. The summed E-state index contributed by atoms with van der Waals surface area (Å²) in [4.78, 5) is 25.5. The van der Waals surface area contributed by atoms with Crippen molar-refractivity contribution in [2.24, 2.45) is 7.05 Å². The number of nitrogens with one attached hydrogen (secondary N) is 1. The second kappa shape index (κ2) is 4.09. The first-order chi connectivity index (χ1) is 7.58. The van der Waals surface area contributed by atoms with Crippen molar-refractivity contribution >= 4 is 15.9 Å². The van der Waals surface area contributed by atoms with Gasteiger partial charge in [0.15, 0.2) is 0 Å². The first kappa shape index (κ1) is 10.9. The van der Waals surface area contributed by atoms with E-state index in [9.17, 15) is 9.59 Å². The van der Waals surface area contributed by atoms with Gasteiger partial charge in [0.2, 0.25) is 0 Å². The van der Waals surface area contributed by atoms with Gasteiger partial charge in [-0.15, -0.1) is 0 Å². The fourth-order valence-electron chi connectivity index (χ4n) is 1.34. The largest absolute Gasteiger partial charge is 0.328 e. The van der Waals surface area contributed by atoms with Gasteiger partial charge in [-0.1, -0.05) is 28.1 Å². The third-order valence-corrected chi connectivity index (χ3v) is 2.83. The third-order valence-electron chi connectivity index (χ3n) is 2.30. The summed E-state index contributed by atoms with van der Waals surface area (Å²) in [7, 11) is 1.44. The van der Waals surface area contributed by atoms with Gasteiger partial charge in [-0.3, -0.25) is 9.36 Å². The molecule has 0 spiro atoms. The maximum atomic E-state index is 11.4. The minimum Gasteiger partial charge on any atom is -0.307 e. The average Bonchev–Trinajstić information content (AvgIpc) is 2.26. The fraction of sp³-hybridized carbons (Fsp3) is 0.0909. The summed E-state index contributed by atoms with van der Waals surface area (Å²) in [6.45, 7) is 0. The summed E-state index contributed by atoms with van der Waals surface area (Å²) in [6, 6.07) is 8.77. The Balaban J connectivity index is 2.62. The summed E-state index contributed by atoms with van der Waals surface area (Å²) in [5.74, 6) is 0. The number of nitrogens with zero attached hydrogens (tertiary/aromatic N) is 1. The number of halogens is 1. The van der Waals surface area contributed by atoms with Crippen LogP contribution in [0.5, 0.6) is 0 Å². The average molecular weight is 281 g/mol. The lowest BCUT2D eigenvalue weighted by atomic mass is 10.1. The van der Waals surface area contributed by atoms with Crippen molar-refractivity contribution in [3.05, 3.63) is 55.6 Å². The Morgan fingerprint density at radius 1 is 1.19 bits per heavy atom. The molecule has 2 rings (SSSR count). The van der Waals surface area contributed by atoms with Crippen LogP contribution in [0.2, 0.25) is 0 Å². The number of aromatic amines is 1. The normalized spacial score (nSPS) is 10.4. The third kappa shape index (κ3) is 1.99. The molecule has 0 aliphatic heterocycles. The number of aromatic nitrogens is 2. The van der Waals surface area contributed by atoms with E-state index in [0.29, 0.717) is 5.69 Å². The summed E-state index contributed by atoms with van der Waals surface area (Å²) in [5.41, 5.74) is 0.602. The van der Waals surface area contributed by atoms with Crippen LogP contribution in [0.1, 0.15) is 0 Å². The van der Waals surface area contributed by atoms with Crippen molar-refractivity contribution in [1.82, 2.24) is 9.55 Å². The smallest absolute Gasteiger partial charge is 0.307 e. The van der Waals surface area contributed by atoms with Crippen molar-refractivity contribution in [2.45, 2.75) is 0 Å². The topological polar surface area (TPSA) is 54.9 Å². The van der Waals surface area contributed by atoms with Crippen LogP contribution >= 0.6 is 15.9 Å². The maximum Gasteiger partial charge on any atom is 0.328 e. The van der Waals surface area contributed by atoms with Crippen molar-refractivity contribution in [3.8, 4) is 11.3 Å². The van der Waals surface area contributed by atoms with Gasteiger partial charge in [0.05, 0.1) is 5.69 Å². The molecule has 0 aliphatic rings. The lowest BCUT2D eigenvalue weighted by molar-refractivity contribution is 0.778. The van der Waals surface area contributed by atoms with Gasteiger partial charge in [0, 0.05) is 17.6 Å².